The number of unbranched alkanes of at least 4 members (excludes halogenated alkanes) is 15. The summed E-state index contributed by atoms with van der Waals surface area (Å²) in [5.41, 5.74) is 0.542. The Morgan fingerprint density at radius 2 is 0.690 bits per heavy atom. The zero-order chi connectivity index (χ0) is 20.1. The number of hydrogen-bond acceptors (Lipinski definition) is 1. The Kier molecular flexibility index (Phi) is 42.3. The Bertz CT molecular complexity index is 239. The van der Waals surface area contributed by atoms with Crippen LogP contribution in [0.4, 0.5) is 0 Å². The summed E-state index contributed by atoms with van der Waals surface area (Å²) in [5, 5.41) is 0. The van der Waals surface area contributed by atoms with Gasteiger partial charge in [-0.05, 0) is 11.3 Å². The van der Waals surface area contributed by atoms with Crippen LogP contribution in [0.2, 0.25) is 0 Å². The van der Waals surface area contributed by atoms with Gasteiger partial charge in [-0.2, -0.15) is 0 Å². The van der Waals surface area contributed by atoms with Crippen molar-refractivity contribution in [3.05, 3.63) is 0 Å². The lowest BCUT2D eigenvalue weighted by molar-refractivity contribution is 0.240. The zero-order valence-corrected chi connectivity index (χ0v) is 23.3. The fourth-order valence-corrected chi connectivity index (χ4v) is 3.03. The van der Waals surface area contributed by atoms with E-state index in [2.05, 4.69) is 48.5 Å². The van der Waals surface area contributed by atoms with Crippen molar-refractivity contribution in [3.8, 4) is 0 Å². The molecule has 0 amide bonds. The quantitative estimate of drug-likeness (QED) is 0.216. The van der Waals surface area contributed by atoms with Gasteiger partial charge in [0.2, 0.25) is 0 Å². The van der Waals surface area contributed by atoms with Crippen molar-refractivity contribution in [2.75, 3.05) is 0 Å². The van der Waals surface area contributed by atoms with Gasteiger partial charge in [-0.3, -0.25) is 0 Å². The molecule has 0 atom stereocenters. The molecule has 0 bridgehead atoms. The van der Waals surface area contributed by atoms with Gasteiger partial charge in [0.25, 0.3) is 0 Å². The maximum atomic E-state index is 2.32. The maximum Gasteiger partial charge on any atom is -0.0334 e. The number of rotatable bonds is 17. The highest BCUT2D eigenvalue weighted by atomic mass is 35.5. The van der Waals surface area contributed by atoms with Crippen LogP contribution in [0.5, 0.6) is 0 Å². The molecular formula is C26H61Cl2N. The molecule has 0 aromatic heterocycles. The van der Waals surface area contributed by atoms with Crippen LogP contribution in [0.25, 0.3) is 0 Å². The molecule has 0 aliphatic carbocycles. The van der Waals surface area contributed by atoms with E-state index >= 15 is 0 Å². The molecule has 3 heteroatoms. The molecule has 0 heterocycles. The summed E-state index contributed by atoms with van der Waals surface area (Å²) in [6.07, 6.45) is 24.7. The summed E-state index contributed by atoms with van der Waals surface area (Å²) < 4.78 is 0. The second-order valence-corrected chi connectivity index (χ2v) is 9.45. The monoisotopic (exact) mass is 457 g/mol. The first-order valence-electron chi connectivity index (χ1n) is 12.4. The fraction of sp³-hybridized carbons (Fsp3) is 1.00. The molecule has 0 fully saturated rings. The van der Waals surface area contributed by atoms with Crippen molar-refractivity contribution in [2.24, 2.45) is 11.3 Å². The second kappa shape index (κ2) is 30.7. The minimum atomic E-state index is 0. The van der Waals surface area contributed by atoms with Crippen molar-refractivity contribution < 1.29 is 0 Å². The van der Waals surface area contributed by atoms with Crippen LogP contribution in [-0.2, 0) is 0 Å². The Balaban J connectivity index is -0.000000150. The van der Waals surface area contributed by atoms with Gasteiger partial charge in [0.15, 0.2) is 0 Å². The van der Waals surface area contributed by atoms with Crippen molar-refractivity contribution in [1.82, 2.24) is 6.15 Å². The van der Waals surface area contributed by atoms with Crippen molar-refractivity contribution in [1.29, 1.82) is 0 Å². The van der Waals surface area contributed by atoms with Crippen LogP contribution in [0.3, 0.4) is 0 Å². The molecule has 3 N–H and O–H groups in total. The third-order valence-electron chi connectivity index (χ3n) is 6.43. The lowest BCUT2D eigenvalue weighted by atomic mass is 9.79. The van der Waals surface area contributed by atoms with Crippen LogP contribution in [0.1, 0.15) is 158 Å². The molecule has 0 unspecified atom stereocenters. The SMILES string of the molecule is CCC(C)(C)C(C)C.CCCCCCCCCCCCCCCCCC.Cl.Cl.N. The Labute approximate surface area is 199 Å². The molecule has 0 aliphatic heterocycles. The highest BCUT2D eigenvalue weighted by Crippen LogP contribution is 2.28. The van der Waals surface area contributed by atoms with E-state index in [1.165, 1.54) is 109 Å². The highest BCUT2D eigenvalue weighted by Gasteiger charge is 2.18. The van der Waals surface area contributed by atoms with E-state index in [0.29, 0.717) is 5.41 Å². The first-order valence-corrected chi connectivity index (χ1v) is 12.4. The maximum absolute atomic E-state index is 2.32. The lowest BCUT2D eigenvalue weighted by Crippen LogP contribution is -2.17. The third-order valence-corrected chi connectivity index (χ3v) is 6.43. The van der Waals surface area contributed by atoms with Crippen molar-refractivity contribution >= 4 is 24.8 Å². The minimum Gasteiger partial charge on any atom is -0.344 e. The van der Waals surface area contributed by atoms with E-state index in [4.69, 9.17) is 0 Å². The van der Waals surface area contributed by atoms with Gasteiger partial charge in [0, 0.05) is 0 Å². The van der Waals surface area contributed by atoms with Crippen LogP contribution >= 0.6 is 24.8 Å². The first-order chi connectivity index (χ1) is 12.4. The van der Waals surface area contributed by atoms with Gasteiger partial charge in [-0.25, -0.2) is 0 Å². The molecule has 1 nitrogen and oxygen atoms in total. The van der Waals surface area contributed by atoms with Gasteiger partial charge in [0.05, 0.1) is 0 Å². The molecule has 184 valence electrons. The van der Waals surface area contributed by atoms with E-state index in [9.17, 15) is 0 Å². The molecule has 0 aliphatic rings. The van der Waals surface area contributed by atoms with Crippen LogP contribution < -0.4 is 6.15 Å². The van der Waals surface area contributed by atoms with Crippen molar-refractivity contribution in [2.45, 2.75) is 158 Å². The molecule has 0 rings (SSSR count). The second-order valence-electron chi connectivity index (χ2n) is 9.45. The lowest BCUT2D eigenvalue weighted by Gasteiger charge is -2.27. The predicted molar refractivity (Wildman–Crippen MR) is 144 cm³/mol. The van der Waals surface area contributed by atoms with Crippen LogP contribution in [0.15, 0.2) is 0 Å². The molecule has 0 spiro atoms. The van der Waals surface area contributed by atoms with Crippen LogP contribution in [0, 0.1) is 11.3 Å². The Morgan fingerprint density at radius 3 is 0.793 bits per heavy atom. The largest absolute Gasteiger partial charge is 0.344 e. The topological polar surface area (TPSA) is 35.0 Å². The normalized spacial score (nSPS) is 10.3. The average Bonchev–Trinajstić information content (AvgIpc) is 2.62. The molecule has 29 heavy (non-hydrogen) atoms. The smallest absolute Gasteiger partial charge is 0.0334 e. The molecular weight excluding hydrogens is 397 g/mol. The van der Waals surface area contributed by atoms with Gasteiger partial charge in [-0.15, -0.1) is 24.8 Å². The molecule has 0 radical (unpaired) electrons. The summed E-state index contributed by atoms with van der Waals surface area (Å²) >= 11 is 0. The summed E-state index contributed by atoms with van der Waals surface area (Å²) in [6, 6.07) is 0. The van der Waals surface area contributed by atoms with Gasteiger partial charge < -0.3 is 6.15 Å². The molecule has 0 saturated carbocycles. The minimum absolute atomic E-state index is 0. The summed E-state index contributed by atoms with van der Waals surface area (Å²) in [5.74, 6) is 0.812. The van der Waals surface area contributed by atoms with Gasteiger partial charge in [0.1, 0.15) is 0 Å². The molecule has 0 aromatic rings. The van der Waals surface area contributed by atoms with Crippen LogP contribution in [-0.4, -0.2) is 0 Å². The molecule has 0 saturated heterocycles. The van der Waals surface area contributed by atoms with E-state index in [0.717, 1.165) is 5.92 Å². The predicted octanol–water partition coefficient (Wildman–Crippen LogP) is 11.4. The summed E-state index contributed by atoms with van der Waals surface area (Å²) in [4.78, 5) is 0. The molecule has 0 aromatic carbocycles. The average molecular weight is 459 g/mol. The number of hydrogen-bond donors (Lipinski definition) is 1. The van der Waals surface area contributed by atoms with Gasteiger partial charge >= 0.3 is 0 Å². The fourth-order valence-electron chi connectivity index (χ4n) is 3.03. The Morgan fingerprint density at radius 1 is 0.483 bits per heavy atom. The summed E-state index contributed by atoms with van der Waals surface area (Å²) in [7, 11) is 0. The summed E-state index contributed by atoms with van der Waals surface area (Å²) in [6.45, 7) is 16.0. The van der Waals surface area contributed by atoms with E-state index in [1.54, 1.807) is 0 Å². The number of halogens is 2. The van der Waals surface area contributed by atoms with Crippen molar-refractivity contribution in [3.63, 3.8) is 0 Å². The van der Waals surface area contributed by atoms with E-state index in [-0.39, 0.29) is 31.0 Å². The van der Waals surface area contributed by atoms with E-state index < -0.39 is 0 Å². The first kappa shape index (κ1) is 40.0. The third kappa shape index (κ3) is 33.4. The highest BCUT2D eigenvalue weighted by molar-refractivity contribution is 5.85. The Hall–Kier alpha value is 0.540. The standard InChI is InChI=1S/C18H38.C8H18.2ClH.H3N/c1-3-5-7-9-11-13-15-17-18-16-14-12-10-8-6-4-2;1-6-8(4,5)7(2)3;;;/h3-18H2,1-2H3;7H,6H2,1-5H3;2*1H;1H3. The van der Waals surface area contributed by atoms with E-state index in [1.807, 2.05) is 0 Å². The zero-order valence-electron chi connectivity index (χ0n) is 21.6. The van der Waals surface area contributed by atoms with Gasteiger partial charge in [-0.1, -0.05) is 158 Å².